The van der Waals surface area contributed by atoms with Crippen LogP contribution in [-0.4, -0.2) is 28.8 Å². The van der Waals surface area contributed by atoms with E-state index in [-0.39, 0.29) is 5.91 Å². The summed E-state index contributed by atoms with van der Waals surface area (Å²) in [5.74, 6) is 0.355. The van der Waals surface area contributed by atoms with Crippen LogP contribution in [0.1, 0.15) is 28.3 Å². The van der Waals surface area contributed by atoms with Crippen molar-refractivity contribution in [3.05, 3.63) is 59.8 Å². The number of nitrogens with one attached hydrogen (secondary N) is 2. The Morgan fingerprint density at radius 3 is 3.00 bits per heavy atom. The van der Waals surface area contributed by atoms with Crippen LogP contribution in [-0.2, 0) is 7.05 Å². The van der Waals surface area contributed by atoms with Crippen molar-refractivity contribution in [2.24, 2.45) is 7.05 Å². The van der Waals surface area contributed by atoms with E-state index in [9.17, 15) is 4.79 Å². The number of amides is 1. The first-order chi connectivity index (χ1) is 11.7. The summed E-state index contributed by atoms with van der Waals surface area (Å²) in [4.78, 5) is 12.8. The number of hydrogen-bond donors (Lipinski definition) is 2. The van der Waals surface area contributed by atoms with Crippen molar-refractivity contribution in [1.29, 1.82) is 0 Å². The maximum absolute atomic E-state index is 12.8. The largest absolute Gasteiger partial charge is 0.322 e. The van der Waals surface area contributed by atoms with Gasteiger partial charge in [-0.2, -0.15) is 5.10 Å². The monoisotopic (exact) mass is 320 g/mol. The average Bonchev–Trinajstić information content (AvgIpc) is 3.25. The molecule has 0 unspecified atom stereocenters. The molecular weight excluding hydrogens is 300 g/mol. The van der Waals surface area contributed by atoms with E-state index in [1.807, 2.05) is 54.3 Å². The summed E-state index contributed by atoms with van der Waals surface area (Å²) in [7, 11) is 1.91. The molecule has 0 saturated carbocycles. The zero-order chi connectivity index (χ0) is 16.5. The Morgan fingerprint density at radius 2 is 2.17 bits per heavy atom. The van der Waals surface area contributed by atoms with Crippen LogP contribution in [0, 0.1) is 0 Å². The van der Waals surface area contributed by atoms with Crippen LogP contribution in [0.15, 0.2) is 48.7 Å². The van der Waals surface area contributed by atoms with Gasteiger partial charge < -0.3 is 10.6 Å². The van der Waals surface area contributed by atoms with Crippen molar-refractivity contribution in [2.45, 2.75) is 12.3 Å². The minimum absolute atomic E-state index is 0.0549. The van der Waals surface area contributed by atoms with E-state index >= 15 is 0 Å². The fraction of sp³-hybridized carbons (Fsp3) is 0.263. The number of hydrogen-bond acceptors (Lipinski definition) is 3. The topological polar surface area (TPSA) is 59.0 Å². The second-order valence-electron chi connectivity index (χ2n) is 6.27. The third-order valence-electron chi connectivity index (χ3n) is 4.71. The Balaban J connectivity index is 1.61. The number of carbonyl (C=O) groups is 1. The van der Waals surface area contributed by atoms with Crippen LogP contribution >= 0.6 is 0 Å². The van der Waals surface area contributed by atoms with Gasteiger partial charge in [-0.05, 0) is 48.7 Å². The number of aromatic nitrogens is 2. The minimum atomic E-state index is -0.0549. The highest BCUT2D eigenvalue weighted by Gasteiger charge is 2.22. The van der Waals surface area contributed by atoms with Crippen molar-refractivity contribution in [3.63, 3.8) is 0 Å². The maximum atomic E-state index is 12.8. The molecule has 4 rings (SSSR count). The Morgan fingerprint density at radius 1 is 1.29 bits per heavy atom. The van der Waals surface area contributed by atoms with Gasteiger partial charge in [0.25, 0.3) is 5.91 Å². The highest BCUT2D eigenvalue weighted by Crippen LogP contribution is 2.26. The van der Waals surface area contributed by atoms with Gasteiger partial charge in [0, 0.05) is 30.2 Å². The molecule has 122 valence electrons. The summed E-state index contributed by atoms with van der Waals surface area (Å²) in [5, 5.41) is 11.7. The quantitative estimate of drug-likeness (QED) is 0.780. The van der Waals surface area contributed by atoms with Crippen molar-refractivity contribution < 1.29 is 4.79 Å². The summed E-state index contributed by atoms with van der Waals surface area (Å²) in [6.07, 6.45) is 2.88. The maximum Gasteiger partial charge on any atom is 0.255 e. The molecule has 0 aliphatic carbocycles. The molecule has 2 aromatic carbocycles. The van der Waals surface area contributed by atoms with E-state index < -0.39 is 0 Å². The van der Waals surface area contributed by atoms with Gasteiger partial charge in [-0.3, -0.25) is 9.48 Å². The molecule has 0 spiro atoms. The van der Waals surface area contributed by atoms with E-state index in [0.29, 0.717) is 5.92 Å². The van der Waals surface area contributed by atoms with Crippen LogP contribution in [0.2, 0.25) is 0 Å². The van der Waals surface area contributed by atoms with Gasteiger partial charge in [-0.15, -0.1) is 0 Å². The zero-order valence-corrected chi connectivity index (χ0v) is 13.6. The van der Waals surface area contributed by atoms with Crippen LogP contribution in [0.3, 0.4) is 0 Å². The second kappa shape index (κ2) is 6.09. The average molecular weight is 320 g/mol. The molecule has 1 saturated heterocycles. The molecule has 1 aliphatic rings. The van der Waals surface area contributed by atoms with Gasteiger partial charge in [0.2, 0.25) is 0 Å². The lowest BCUT2D eigenvalue weighted by molar-refractivity contribution is 0.102. The first-order valence-corrected chi connectivity index (χ1v) is 8.25. The normalized spacial score (nSPS) is 17.3. The van der Waals surface area contributed by atoms with Gasteiger partial charge >= 0.3 is 0 Å². The molecule has 2 N–H and O–H groups in total. The van der Waals surface area contributed by atoms with Crippen LogP contribution in [0.4, 0.5) is 5.69 Å². The Labute approximate surface area is 140 Å². The van der Waals surface area contributed by atoms with Crippen LogP contribution in [0.25, 0.3) is 10.9 Å². The van der Waals surface area contributed by atoms with Crippen molar-refractivity contribution in [3.8, 4) is 0 Å². The van der Waals surface area contributed by atoms with E-state index in [4.69, 9.17) is 0 Å². The van der Waals surface area contributed by atoms with Crippen molar-refractivity contribution >= 4 is 22.5 Å². The number of anilines is 1. The fourth-order valence-electron chi connectivity index (χ4n) is 3.42. The molecule has 3 aromatic rings. The van der Waals surface area contributed by atoms with Gasteiger partial charge in [0.1, 0.15) is 0 Å². The highest BCUT2D eigenvalue weighted by molar-refractivity contribution is 6.06. The molecule has 2 heterocycles. The Kier molecular flexibility index (Phi) is 3.78. The van der Waals surface area contributed by atoms with Gasteiger partial charge in [0.05, 0.1) is 11.7 Å². The Bertz CT molecular complexity index is 893. The predicted octanol–water partition coefficient (Wildman–Crippen LogP) is 2.90. The molecular formula is C19H20N4O. The molecule has 1 aliphatic heterocycles. The van der Waals surface area contributed by atoms with Crippen LogP contribution in [0.5, 0.6) is 0 Å². The van der Waals surface area contributed by atoms with E-state index in [0.717, 1.165) is 47.2 Å². The molecule has 1 fully saturated rings. The Hall–Kier alpha value is -2.66. The second-order valence-corrected chi connectivity index (χ2v) is 6.27. The minimum Gasteiger partial charge on any atom is -0.322 e. The summed E-state index contributed by atoms with van der Waals surface area (Å²) >= 11 is 0. The number of carbonyl (C=O) groups excluding carboxylic acids is 1. The molecule has 1 amide bonds. The van der Waals surface area contributed by atoms with Gasteiger partial charge in [-0.25, -0.2) is 0 Å². The number of benzene rings is 2. The lowest BCUT2D eigenvalue weighted by Gasteiger charge is -2.14. The summed E-state index contributed by atoms with van der Waals surface area (Å²) in [6, 6.07) is 13.8. The van der Waals surface area contributed by atoms with Gasteiger partial charge in [0.15, 0.2) is 0 Å². The van der Waals surface area contributed by atoms with Gasteiger partial charge in [-0.1, -0.05) is 18.2 Å². The lowest BCUT2D eigenvalue weighted by atomic mass is 9.93. The molecule has 5 heteroatoms. The molecule has 1 atom stereocenters. The molecule has 0 bridgehead atoms. The third-order valence-corrected chi connectivity index (χ3v) is 4.71. The fourth-order valence-corrected chi connectivity index (χ4v) is 3.42. The van der Waals surface area contributed by atoms with Crippen molar-refractivity contribution in [2.75, 3.05) is 18.4 Å². The lowest BCUT2D eigenvalue weighted by Crippen LogP contribution is -2.17. The summed E-state index contributed by atoms with van der Waals surface area (Å²) < 4.78 is 1.82. The molecule has 24 heavy (non-hydrogen) atoms. The number of aryl methyl sites for hydroxylation is 1. The first-order valence-electron chi connectivity index (χ1n) is 8.25. The highest BCUT2D eigenvalue weighted by atomic mass is 16.1. The molecule has 1 aromatic heterocycles. The molecule has 0 radical (unpaired) electrons. The smallest absolute Gasteiger partial charge is 0.255 e. The van der Waals surface area contributed by atoms with E-state index in [2.05, 4.69) is 21.8 Å². The number of fused-ring (bicyclic) bond motifs is 1. The standard InChI is InChI=1S/C19H20N4O/c1-23-18-7-6-15(10-14(18)12-21-23)22-19(24)17-5-3-2-4-16(17)13-8-9-20-11-13/h2-7,10,12-13,20H,8-9,11H2,1H3,(H,22,24)/t13-/m1/s1. The SMILES string of the molecule is Cn1ncc2cc(NC(=O)c3ccccc3[C@@H]3CCNC3)ccc21. The zero-order valence-electron chi connectivity index (χ0n) is 13.6. The van der Waals surface area contributed by atoms with Crippen molar-refractivity contribution in [1.82, 2.24) is 15.1 Å². The molecule has 5 nitrogen and oxygen atoms in total. The number of nitrogens with zero attached hydrogens (tertiary/aromatic N) is 2. The van der Waals surface area contributed by atoms with E-state index in [1.165, 1.54) is 0 Å². The summed E-state index contributed by atoms with van der Waals surface area (Å²) in [6.45, 7) is 1.95. The summed E-state index contributed by atoms with van der Waals surface area (Å²) in [5.41, 5.74) is 3.73. The van der Waals surface area contributed by atoms with E-state index in [1.54, 1.807) is 0 Å². The first kappa shape index (κ1) is 14.9. The third kappa shape index (κ3) is 2.67. The predicted molar refractivity (Wildman–Crippen MR) is 95.3 cm³/mol. The van der Waals surface area contributed by atoms with Crippen LogP contribution < -0.4 is 10.6 Å². The number of rotatable bonds is 3.